The molecule has 188 valence electrons. The minimum absolute atomic E-state index is 0.0352. The van der Waals surface area contributed by atoms with Crippen LogP contribution < -0.4 is 5.32 Å². The number of nitrogens with one attached hydrogen (secondary N) is 1. The van der Waals surface area contributed by atoms with Crippen molar-refractivity contribution in [2.45, 2.75) is 110 Å². The second kappa shape index (κ2) is 12.5. The number of rotatable bonds is 10. The lowest BCUT2D eigenvalue weighted by molar-refractivity contribution is -0.140. The lowest BCUT2D eigenvalue weighted by Crippen LogP contribution is -2.59. The molecule has 0 aromatic rings. The zero-order valence-corrected chi connectivity index (χ0v) is 21.5. The Balaban J connectivity index is 2.26. The zero-order chi connectivity index (χ0) is 24.7. The van der Waals surface area contributed by atoms with Gasteiger partial charge in [0.1, 0.15) is 6.04 Å². The molecule has 0 aromatic carbocycles. The van der Waals surface area contributed by atoms with E-state index in [1.165, 1.54) is 0 Å². The number of carboxylic acid groups (broad SMARTS) is 1. The standard InChI is InChI=1S/C26H45N3O4/c1-7-19(5)29-15-11-10-14-21(29)24(30)27-23(20-12-8-9-13-20)25(31)28(6)22(17(2)3)16-18(4)26(32)33/h16-17,19-23H,7-15H2,1-6H3,(H,27,30)(H,32,33)/b18-16+. The van der Waals surface area contributed by atoms with E-state index in [0.29, 0.717) is 6.04 Å². The Morgan fingerprint density at radius 2 is 1.70 bits per heavy atom. The van der Waals surface area contributed by atoms with Crippen LogP contribution in [0, 0.1) is 11.8 Å². The van der Waals surface area contributed by atoms with Crippen molar-refractivity contribution in [3.05, 3.63) is 11.6 Å². The summed E-state index contributed by atoms with van der Waals surface area (Å²) in [6.07, 6.45) is 9.61. The Labute approximate surface area is 200 Å². The first kappa shape index (κ1) is 27.4. The van der Waals surface area contributed by atoms with E-state index in [-0.39, 0.29) is 41.3 Å². The number of carboxylic acids is 1. The lowest BCUT2D eigenvalue weighted by Gasteiger charge is -2.40. The molecule has 0 bridgehead atoms. The quantitative estimate of drug-likeness (QED) is 0.481. The van der Waals surface area contributed by atoms with Gasteiger partial charge in [0.15, 0.2) is 0 Å². The van der Waals surface area contributed by atoms with Crippen LogP contribution in [0.1, 0.15) is 86.0 Å². The first-order valence-corrected chi connectivity index (χ1v) is 12.8. The van der Waals surface area contributed by atoms with Gasteiger partial charge in [0.2, 0.25) is 11.8 Å². The Bertz CT molecular complexity index is 714. The summed E-state index contributed by atoms with van der Waals surface area (Å²) in [4.78, 5) is 42.6. The van der Waals surface area contributed by atoms with Crippen molar-refractivity contribution in [3.8, 4) is 0 Å². The van der Waals surface area contributed by atoms with Gasteiger partial charge in [-0.05, 0) is 64.3 Å². The summed E-state index contributed by atoms with van der Waals surface area (Å²) in [5, 5.41) is 12.5. The molecule has 4 unspecified atom stereocenters. The Morgan fingerprint density at radius 1 is 1.09 bits per heavy atom. The maximum absolute atomic E-state index is 13.7. The number of likely N-dealkylation sites (tertiary alicyclic amines) is 1. The Kier molecular flexibility index (Phi) is 10.4. The minimum Gasteiger partial charge on any atom is -0.478 e. The van der Waals surface area contributed by atoms with Gasteiger partial charge in [-0.3, -0.25) is 14.5 Å². The molecule has 1 aliphatic heterocycles. The smallest absolute Gasteiger partial charge is 0.331 e. The van der Waals surface area contributed by atoms with E-state index in [4.69, 9.17) is 0 Å². The highest BCUT2D eigenvalue weighted by Gasteiger charge is 2.39. The molecule has 0 radical (unpaired) electrons. The molecule has 2 N–H and O–H groups in total. The van der Waals surface area contributed by atoms with Crippen LogP contribution in [-0.4, -0.2) is 70.4 Å². The highest BCUT2D eigenvalue weighted by atomic mass is 16.4. The molecule has 2 aliphatic rings. The SMILES string of the molecule is CCC(C)N1CCCCC1C(=O)NC(C(=O)N(C)C(/C=C(\C)C(=O)O)C(C)C)C1CCCC1. The van der Waals surface area contributed by atoms with E-state index in [9.17, 15) is 19.5 Å². The summed E-state index contributed by atoms with van der Waals surface area (Å²) in [6, 6.07) is -0.768. The van der Waals surface area contributed by atoms with Crippen LogP contribution in [0.2, 0.25) is 0 Å². The summed E-state index contributed by atoms with van der Waals surface area (Å²) in [5.74, 6) is -0.958. The topological polar surface area (TPSA) is 90.0 Å². The predicted molar refractivity (Wildman–Crippen MR) is 131 cm³/mol. The van der Waals surface area contributed by atoms with Crippen molar-refractivity contribution >= 4 is 17.8 Å². The monoisotopic (exact) mass is 463 g/mol. The molecule has 1 saturated heterocycles. The van der Waals surface area contributed by atoms with Gasteiger partial charge in [-0.1, -0.05) is 46.1 Å². The van der Waals surface area contributed by atoms with Crippen molar-refractivity contribution in [3.63, 3.8) is 0 Å². The van der Waals surface area contributed by atoms with E-state index < -0.39 is 12.0 Å². The number of hydrogen-bond acceptors (Lipinski definition) is 4. The van der Waals surface area contributed by atoms with Gasteiger partial charge >= 0.3 is 5.97 Å². The molecule has 7 nitrogen and oxygen atoms in total. The molecule has 1 heterocycles. The molecular formula is C26H45N3O4. The number of carbonyl (C=O) groups is 3. The normalized spacial score (nSPS) is 23.2. The van der Waals surface area contributed by atoms with Crippen LogP contribution in [0.4, 0.5) is 0 Å². The van der Waals surface area contributed by atoms with Crippen LogP contribution in [0.3, 0.4) is 0 Å². The lowest BCUT2D eigenvalue weighted by atomic mass is 9.93. The first-order chi connectivity index (χ1) is 15.6. The summed E-state index contributed by atoms with van der Waals surface area (Å²) in [7, 11) is 1.73. The minimum atomic E-state index is -0.982. The summed E-state index contributed by atoms with van der Waals surface area (Å²) >= 11 is 0. The Hall–Kier alpha value is -1.89. The van der Waals surface area contributed by atoms with Crippen LogP contribution in [-0.2, 0) is 14.4 Å². The van der Waals surface area contributed by atoms with Gasteiger partial charge in [0.25, 0.3) is 0 Å². The largest absolute Gasteiger partial charge is 0.478 e. The van der Waals surface area contributed by atoms with Crippen molar-refractivity contribution in [2.75, 3.05) is 13.6 Å². The molecule has 1 saturated carbocycles. The fourth-order valence-corrected chi connectivity index (χ4v) is 5.36. The highest BCUT2D eigenvalue weighted by Crippen LogP contribution is 2.30. The molecule has 2 rings (SSSR count). The summed E-state index contributed by atoms with van der Waals surface area (Å²) < 4.78 is 0. The molecule has 0 spiro atoms. The number of amides is 2. The third kappa shape index (κ3) is 7.05. The second-order valence-corrected chi connectivity index (χ2v) is 10.4. The van der Waals surface area contributed by atoms with Gasteiger partial charge < -0.3 is 15.3 Å². The summed E-state index contributed by atoms with van der Waals surface area (Å²) in [5.41, 5.74) is 0.223. The summed E-state index contributed by atoms with van der Waals surface area (Å²) in [6.45, 7) is 10.8. The molecular weight excluding hydrogens is 418 g/mol. The van der Waals surface area contributed by atoms with Crippen LogP contribution >= 0.6 is 0 Å². The maximum Gasteiger partial charge on any atom is 0.331 e. The van der Waals surface area contributed by atoms with Gasteiger partial charge in [-0.2, -0.15) is 0 Å². The average molecular weight is 464 g/mol. The van der Waals surface area contributed by atoms with Gasteiger partial charge in [0.05, 0.1) is 12.1 Å². The van der Waals surface area contributed by atoms with E-state index >= 15 is 0 Å². The number of aliphatic carboxylic acids is 1. The molecule has 2 fully saturated rings. The molecule has 33 heavy (non-hydrogen) atoms. The number of nitrogens with zero attached hydrogens (tertiary/aromatic N) is 2. The Morgan fingerprint density at radius 3 is 2.24 bits per heavy atom. The van der Waals surface area contributed by atoms with E-state index in [0.717, 1.165) is 57.9 Å². The number of piperidine rings is 1. The first-order valence-electron chi connectivity index (χ1n) is 12.8. The highest BCUT2D eigenvalue weighted by molar-refractivity contribution is 5.90. The molecule has 1 aliphatic carbocycles. The van der Waals surface area contributed by atoms with Crippen molar-refractivity contribution in [1.29, 1.82) is 0 Å². The number of hydrogen-bond donors (Lipinski definition) is 2. The van der Waals surface area contributed by atoms with Gasteiger partial charge in [0, 0.05) is 18.7 Å². The molecule has 4 atom stereocenters. The van der Waals surface area contributed by atoms with Crippen LogP contribution in [0.25, 0.3) is 0 Å². The fraction of sp³-hybridized carbons (Fsp3) is 0.808. The van der Waals surface area contributed by atoms with Crippen LogP contribution in [0.5, 0.6) is 0 Å². The van der Waals surface area contributed by atoms with Crippen molar-refractivity contribution in [2.24, 2.45) is 11.8 Å². The molecule has 2 amide bonds. The average Bonchev–Trinajstić information content (AvgIpc) is 3.33. The van der Waals surface area contributed by atoms with Crippen LogP contribution in [0.15, 0.2) is 11.6 Å². The molecule has 0 aromatic heterocycles. The van der Waals surface area contributed by atoms with E-state index in [1.54, 1.807) is 24.9 Å². The number of carbonyl (C=O) groups excluding carboxylic acids is 2. The van der Waals surface area contributed by atoms with Gasteiger partial charge in [-0.15, -0.1) is 0 Å². The van der Waals surface area contributed by atoms with Crippen molar-refractivity contribution < 1.29 is 19.5 Å². The maximum atomic E-state index is 13.7. The molecule has 7 heteroatoms. The second-order valence-electron chi connectivity index (χ2n) is 10.4. The van der Waals surface area contributed by atoms with E-state index in [1.807, 2.05) is 13.8 Å². The zero-order valence-electron chi connectivity index (χ0n) is 21.5. The fourth-order valence-electron chi connectivity index (χ4n) is 5.36. The predicted octanol–water partition coefficient (Wildman–Crippen LogP) is 3.83. The third-order valence-corrected chi connectivity index (χ3v) is 7.67. The third-order valence-electron chi connectivity index (χ3n) is 7.67. The van der Waals surface area contributed by atoms with Gasteiger partial charge in [-0.25, -0.2) is 4.79 Å². The number of likely N-dealkylation sites (N-methyl/N-ethyl adjacent to an activating group) is 1. The van der Waals surface area contributed by atoms with E-state index in [2.05, 4.69) is 24.1 Å². The van der Waals surface area contributed by atoms with Crippen molar-refractivity contribution in [1.82, 2.24) is 15.1 Å².